The topological polar surface area (TPSA) is 105 Å². The summed E-state index contributed by atoms with van der Waals surface area (Å²) in [5, 5.41) is 13.9. The molecular formula is C84H98O8. The van der Waals surface area contributed by atoms with E-state index >= 15 is 0 Å². The maximum atomic E-state index is 14.1. The fourth-order valence-corrected chi connectivity index (χ4v) is 24.4. The first-order valence-electron chi connectivity index (χ1n) is 36.6. The lowest BCUT2D eigenvalue weighted by Gasteiger charge is -2.61. The van der Waals surface area contributed by atoms with Crippen LogP contribution in [0.2, 0.25) is 0 Å². The van der Waals surface area contributed by atoms with Gasteiger partial charge >= 0.3 is 23.9 Å². The lowest BCUT2D eigenvalue weighted by Crippen LogP contribution is -2.54. The van der Waals surface area contributed by atoms with Crippen molar-refractivity contribution >= 4 is 88.5 Å². The number of esters is 4. The quantitative estimate of drug-likeness (QED) is 0.0433. The standard InChI is InChI=1S/C84H98O8/c1-49(67-31-33-69-65-29-23-57-47-59(37-41-81(57,3)71(65)39-43-83(67,69)5)91-79(87)63-27-21-55-17-15-51-9-7-11-53-19-25-61(63)77(55)75(51)53)13-35-73(85)89-45-46-90-74(86)36-14-50(2)68-32-34-70-66-30-24-58-48-60(38-42-82(58,4)72(66)40-44-84(68,70)6)92-80(88)64-28-22-56-18-16-52-10-8-12-54-20-26-62(64)78(56)76(52)54/h7-12,15-22,25-28,49-50,57-60,65-72H,13-14,23-24,29-48H2,1-6H3/t49-,50-,57-,58-,59-,60-,65+,66+,67-,68-,69+,70+,71+,72+,81+,82+,83-,84-/m1/s1. The second-order valence-corrected chi connectivity index (χ2v) is 32.8. The number of hydrogen-bond donors (Lipinski definition) is 0. The molecule has 0 amide bonds. The van der Waals surface area contributed by atoms with Gasteiger partial charge in [0, 0.05) is 12.8 Å². The van der Waals surface area contributed by atoms with Gasteiger partial charge in [0.15, 0.2) is 0 Å². The summed E-state index contributed by atoms with van der Waals surface area (Å²) in [5.74, 6) is 6.88. The monoisotopic (exact) mass is 1230 g/mol. The van der Waals surface area contributed by atoms with Crippen molar-refractivity contribution in [1.82, 2.24) is 0 Å². The van der Waals surface area contributed by atoms with Crippen molar-refractivity contribution in [3.8, 4) is 0 Å². The van der Waals surface area contributed by atoms with E-state index in [2.05, 4.69) is 139 Å². The van der Waals surface area contributed by atoms with Crippen LogP contribution in [-0.4, -0.2) is 49.3 Å². The molecule has 0 saturated heterocycles. The Hall–Kier alpha value is -6.28. The molecule has 0 N–H and O–H groups in total. The number of carbonyl (C=O) groups is 4. The first-order valence-corrected chi connectivity index (χ1v) is 36.6. The molecule has 0 heterocycles. The zero-order valence-electron chi connectivity index (χ0n) is 55.7. The Morgan fingerprint density at radius 1 is 0.402 bits per heavy atom. The van der Waals surface area contributed by atoms with Crippen molar-refractivity contribution in [2.45, 2.75) is 195 Å². The van der Waals surface area contributed by atoms with Crippen molar-refractivity contribution in [3.05, 3.63) is 120 Å². The molecule has 8 heteroatoms. The van der Waals surface area contributed by atoms with E-state index in [1.54, 1.807) is 0 Å². The van der Waals surface area contributed by atoms with Gasteiger partial charge in [-0.15, -0.1) is 0 Å². The van der Waals surface area contributed by atoms with Gasteiger partial charge in [0.25, 0.3) is 0 Å². The highest BCUT2D eigenvalue weighted by atomic mass is 16.6. The first-order chi connectivity index (χ1) is 44.5. The highest BCUT2D eigenvalue weighted by Crippen LogP contribution is 2.71. The second-order valence-electron chi connectivity index (χ2n) is 32.8. The minimum atomic E-state index is -0.181. The van der Waals surface area contributed by atoms with Crippen LogP contribution in [0.1, 0.15) is 204 Å². The van der Waals surface area contributed by atoms with E-state index in [9.17, 15) is 19.2 Å². The van der Waals surface area contributed by atoms with Gasteiger partial charge in [-0.05, 0) is 298 Å². The number of benzene rings is 8. The molecular weight excluding hydrogens is 1140 g/mol. The van der Waals surface area contributed by atoms with Gasteiger partial charge in [0.05, 0.1) is 11.1 Å². The van der Waals surface area contributed by atoms with E-state index in [-0.39, 0.29) is 60.1 Å². The van der Waals surface area contributed by atoms with Gasteiger partial charge < -0.3 is 18.9 Å². The maximum Gasteiger partial charge on any atom is 0.339 e. The van der Waals surface area contributed by atoms with Crippen LogP contribution in [0.4, 0.5) is 0 Å². The van der Waals surface area contributed by atoms with Crippen LogP contribution in [0.3, 0.4) is 0 Å². The third-order valence-electron chi connectivity index (χ3n) is 29.0. The first kappa shape index (κ1) is 60.6. The zero-order valence-corrected chi connectivity index (χ0v) is 55.7. The predicted molar refractivity (Wildman–Crippen MR) is 368 cm³/mol. The highest BCUT2D eigenvalue weighted by molar-refractivity contribution is 6.27. The molecule has 16 rings (SSSR count). The van der Waals surface area contributed by atoms with Crippen LogP contribution in [-0.2, 0) is 28.5 Å². The molecule has 8 aromatic rings. The number of carbonyl (C=O) groups excluding carboxylic acids is 4. The molecule has 0 aliphatic heterocycles. The van der Waals surface area contributed by atoms with Crippen LogP contribution in [0, 0.1) is 92.7 Å². The summed E-state index contributed by atoms with van der Waals surface area (Å²) in [5.41, 5.74) is 2.51. The molecule has 8 nitrogen and oxygen atoms in total. The molecule has 482 valence electrons. The number of hydrogen-bond acceptors (Lipinski definition) is 8. The highest BCUT2D eigenvalue weighted by Gasteiger charge is 2.63. The van der Waals surface area contributed by atoms with Gasteiger partial charge in [-0.2, -0.15) is 0 Å². The van der Waals surface area contributed by atoms with Crippen LogP contribution >= 0.6 is 0 Å². The summed E-state index contributed by atoms with van der Waals surface area (Å²) in [7, 11) is 0. The van der Waals surface area contributed by atoms with Crippen molar-refractivity contribution < 1.29 is 38.1 Å². The summed E-state index contributed by atoms with van der Waals surface area (Å²) in [4.78, 5) is 54.7. The van der Waals surface area contributed by atoms with Crippen LogP contribution in [0.25, 0.3) is 64.6 Å². The Balaban J connectivity index is 0.457. The molecule has 8 saturated carbocycles. The molecule has 0 aromatic heterocycles. The van der Waals surface area contributed by atoms with Crippen LogP contribution < -0.4 is 0 Å². The summed E-state index contributed by atoms with van der Waals surface area (Å²) in [6.07, 6.45) is 23.6. The lowest BCUT2D eigenvalue weighted by molar-refractivity contribution is -0.153. The molecule has 8 aliphatic carbocycles. The summed E-state index contributed by atoms with van der Waals surface area (Å²) in [6, 6.07) is 38.2. The Bertz CT molecular complexity index is 3850. The fourth-order valence-electron chi connectivity index (χ4n) is 24.4. The Labute approximate surface area is 545 Å². The smallest absolute Gasteiger partial charge is 0.339 e. The van der Waals surface area contributed by atoms with Gasteiger partial charge in [-0.1, -0.05) is 139 Å². The molecule has 0 unspecified atom stereocenters. The van der Waals surface area contributed by atoms with Crippen molar-refractivity contribution in [2.24, 2.45) is 92.7 Å². The lowest BCUT2D eigenvalue weighted by atomic mass is 9.44. The second kappa shape index (κ2) is 23.3. The fraction of sp³-hybridized carbons (Fsp3) is 0.571. The van der Waals surface area contributed by atoms with Crippen molar-refractivity contribution in [3.63, 3.8) is 0 Å². The zero-order chi connectivity index (χ0) is 63.0. The van der Waals surface area contributed by atoms with E-state index in [4.69, 9.17) is 18.9 Å². The van der Waals surface area contributed by atoms with Gasteiger partial charge in [-0.3, -0.25) is 9.59 Å². The molecule has 8 aliphatic rings. The Morgan fingerprint density at radius 3 is 1.17 bits per heavy atom. The third-order valence-corrected chi connectivity index (χ3v) is 29.0. The van der Waals surface area contributed by atoms with Gasteiger partial charge in [-0.25, -0.2) is 9.59 Å². The van der Waals surface area contributed by atoms with Crippen molar-refractivity contribution in [1.29, 1.82) is 0 Å². The van der Waals surface area contributed by atoms with E-state index in [1.807, 2.05) is 12.1 Å². The summed E-state index contributed by atoms with van der Waals surface area (Å²) >= 11 is 0. The van der Waals surface area contributed by atoms with Gasteiger partial charge in [0.1, 0.15) is 25.4 Å². The van der Waals surface area contributed by atoms with E-state index in [0.717, 1.165) is 107 Å². The van der Waals surface area contributed by atoms with Gasteiger partial charge in [0.2, 0.25) is 0 Å². The maximum absolute atomic E-state index is 14.1. The molecule has 18 atom stereocenters. The molecule has 0 bridgehead atoms. The molecule has 8 fully saturated rings. The van der Waals surface area contributed by atoms with E-state index in [0.29, 0.717) is 82.1 Å². The van der Waals surface area contributed by atoms with E-state index < -0.39 is 0 Å². The molecule has 8 aromatic carbocycles. The Kier molecular flexibility index (Phi) is 15.3. The summed E-state index contributed by atoms with van der Waals surface area (Å²) < 4.78 is 24.4. The third kappa shape index (κ3) is 9.89. The van der Waals surface area contributed by atoms with Crippen LogP contribution in [0.15, 0.2) is 109 Å². The minimum absolute atomic E-state index is 0.0421. The largest absolute Gasteiger partial charge is 0.462 e. The Morgan fingerprint density at radius 2 is 0.761 bits per heavy atom. The number of ether oxygens (including phenoxy) is 4. The van der Waals surface area contributed by atoms with Crippen LogP contribution in [0.5, 0.6) is 0 Å². The average molecular weight is 1240 g/mol. The summed E-state index contributed by atoms with van der Waals surface area (Å²) in [6.45, 7) is 15.4. The SMILES string of the molecule is C[C@H](CCC(=O)OCCOC(=O)CC[C@@H](C)[C@H]1CC[C@H]2[C@@H]3CC[C@@H]4C[C@H](OC(=O)c5ccc6ccc7cccc8ccc5c6c78)CC[C@]4(C)[C@H]3CC[C@]12C)[C@H]1CC[C@H]2[C@@H]3CC[C@@H]4C[C@H](OC(=O)c5ccc6ccc7cccc8ccc5c6c78)CC[C@]4(C)[C@H]3CC[C@]12C. The molecule has 0 radical (unpaired) electrons. The number of fused-ring (bicyclic) bond motifs is 10. The molecule has 92 heavy (non-hydrogen) atoms. The van der Waals surface area contributed by atoms with E-state index in [1.165, 1.54) is 109 Å². The number of rotatable bonds is 15. The predicted octanol–water partition coefficient (Wildman–Crippen LogP) is 20.5. The van der Waals surface area contributed by atoms with Crippen molar-refractivity contribution in [2.75, 3.05) is 13.2 Å². The molecule has 0 spiro atoms. The normalized spacial score (nSPS) is 34.8. The minimum Gasteiger partial charge on any atom is -0.462 e. The average Bonchev–Trinajstić information content (AvgIpc) is 1.29.